The molecule has 0 aliphatic carbocycles. The fourth-order valence-electron chi connectivity index (χ4n) is 2.01. The highest BCUT2D eigenvalue weighted by molar-refractivity contribution is 6.27. The monoisotopic (exact) mass is 360 g/mol. The van der Waals surface area contributed by atoms with Gasteiger partial charge in [0.25, 0.3) is 0 Å². The molecule has 0 saturated carbocycles. The first-order valence-electron chi connectivity index (χ1n) is 7.89. The van der Waals surface area contributed by atoms with E-state index in [-0.39, 0.29) is 0 Å². The summed E-state index contributed by atoms with van der Waals surface area (Å²) in [7, 11) is 5.79. The minimum absolute atomic E-state index is 0.861. The Hall–Kier alpha value is -3.06. The SMILES string of the molecule is COc1ccc(CNCc2ccc(N(C)C)cc2)cc1.O=C(O)C(=O)O. The summed E-state index contributed by atoms with van der Waals surface area (Å²) in [5, 5.41) is 18.2. The molecule has 0 aliphatic heterocycles. The molecule has 0 bridgehead atoms. The molecule has 0 aromatic heterocycles. The molecule has 26 heavy (non-hydrogen) atoms. The number of hydrogen-bond donors (Lipinski definition) is 3. The number of benzene rings is 2. The van der Waals surface area contributed by atoms with Crippen LogP contribution in [0.25, 0.3) is 0 Å². The van der Waals surface area contributed by atoms with E-state index in [2.05, 4.69) is 60.7 Å². The molecule has 0 saturated heterocycles. The van der Waals surface area contributed by atoms with E-state index in [9.17, 15) is 0 Å². The zero-order valence-electron chi connectivity index (χ0n) is 15.1. The number of hydrogen-bond acceptors (Lipinski definition) is 5. The number of carboxylic acid groups (broad SMARTS) is 2. The minimum Gasteiger partial charge on any atom is -0.497 e. The number of nitrogens with zero attached hydrogens (tertiary/aromatic N) is 1. The molecule has 7 nitrogen and oxygen atoms in total. The van der Waals surface area contributed by atoms with E-state index in [1.54, 1.807) is 7.11 Å². The number of rotatable bonds is 6. The van der Waals surface area contributed by atoms with Crippen molar-refractivity contribution in [2.75, 3.05) is 26.1 Å². The second-order valence-corrected chi connectivity index (χ2v) is 5.62. The smallest absolute Gasteiger partial charge is 0.414 e. The number of aliphatic carboxylic acids is 2. The minimum atomic E-state index is -1.82. The van der Waals surface area contributed by atoms with Gasteiger partial charge in [-0.2, -0.15) is 0 Å². The third-order valence-corrected chi connectivity index (χ3v) is 3.45. The highest BCUT2D eigenvalue weighted by Gasteiger charge is 2.04. The maximum absolute atomic E-state index is 9.10. The Morgan fingerprint density at radius 2 is 1.31 bits per heavy atom. The summed E-state index contributed by atoms with van der Waals surface area (Å²) in [6.45, 7) is 1.74. The van der Waals surface area contributed by atoms with Crippen molar-refractivity contribution >= 4 is 17.6 Å². The van der Waals surface area contributed by atoms with Crippen molar-refractivity contribution in [2.45, 2.75) is 13.1 Å². The van der Waals surface area contributed by atoms with Gasteiger partial charge in [0.15, 0.2) is 0 Å². The average molecular weight is 360 g/mol. The van der Waals surface area contributed by atoms with Crippen LogP contribution in [0.4, 0.5) is 5.69 Å². The molecule has 0 fully saturated rings. The highest BCUT2D eigenvalue weighted by Crippen LogP contribution is 2.13. The molecule has 0 aliphatic rings. The van der Waals surface area contributed by atoms with Crippen LogP contribution in [0.15, 0.2) is 48.5 Å². The molecule has 0 unspecified atom stereocenters. The highest BCUT2D eigenvalue weighted by atomic mass is 16.5. The Balaban J connectivity index is 0.000000487. The number of anilines is 1. The number of ether oxygens (including phenoxy) is 1. The summed E-state index contributed by atoms with van der Waals surface area (Å²) in [5.41, 5.74) is 3.78. The van der Waals surface area contributed by atoms with E-state index >= 15 is 0 Å². The molecule has 0 spiro atoms. The number of methoxy groups -OCH3 is 1. The molecular formula is C19H24N2O5. The zero-order chi connectivity index (χ0) is 19.5. The molecule has 2 aromatic rings. The van der Waals surface area contributed by atoms with Crippen molar-refractivity contribution in [2.24, 2.45) is 0 Å². The third kappa shape index (κ3) is 7.67. The van der Waals surface area contributed by atoms with Crippen molar-refractivity contribution in [1.29, 1.82) is 0 Å². The van der Waals surface area contributed by atoms with Crippen molar-refractivity contribution in [1.82, 2.24) is 5.32 Å². The van der Waals surface area contributed by atoms with Crippen LogP contribution >= 0.6 is 0 Å². The molecule has 3 N–H and O–H groups in total. The van der Waals surface area contributed by atoms with Crippen LogP contribution in [0.5, 0.6) is 5.75 Å². The van der Waals surface area contributed by atoms with Crippen molar-refractivity contribution < 1.29 is 24.5 Å². The van der Waals surface area contributed by atoms with Crippen molar-refractivity contribution in [3.63, 3.8) is 0 Å². The first kappa shape index (κ1) is 21.0. The molecule has 0 amide bonds. The van der Waals surface area contributed by atoms with Gasteiger partial charge in [0.2, 0.25) is 0 Å². The Labute approximate surface area is 152 Å². The van der Waals surface area contributed by atoms with E-state index < -0.39 is 11.9 Å². The molecule has 7 heteroatoms. The van der Waals surface area contributed by atoms with E-state index in [1.165, 1.54) is 16.8 Å². The fourth-order valence-corrected chi connectivity index (χ4v) is 2.01. The summed E-state index contributed by atoms with van der Waals surface area (Å²) < 4.78 is 5.15. The largest absolute Gasteiger partial charge is 0.497 e. The molecule has 0 atom stereocenters. The van der Waals surface area contributed by atoms with Gasteiger partial charge in [-0.1, -0.05) is 24.3 Å². The lowest BCUT2D eigenvalue weighted by molar-refractivity contribution is -0.159. The van der Waals surface area contributed by atoms with Gasteiger partial charge in [0.05, 0.1) is 7.11 Å². The third-order valence-electron chi connectivity index (χ3n) is 3.45. The van der Waals surface area contributed by atoms with Gasteiger partial charge < -0.3 is 25.2 Å². The topological polar surface area (TPSA) is 99.1 Å². The lowest BCUT2D eigenvalue weighted by Crippen LogP contribution is -2.13. The summed E-state index contributed by atoms with van der Waals surface area (Å²) in [6, 6.07) is 16.8. The predicted molar refractivity (Wildman–Crippen MR) is 99.6 cm³/mol. The van der Waals surface area contributed by atoms with Crippen LogP contribution in [0, 0.1) is 0 Å². The molecule has 140 valence electrons. The van der Waals surface area contributed by atoms with Crippen molar-refractivity contribution in [3.8, 4) is 5.75 Å². The predicted octanol–water partition coefficient (Wildman–Crippen LogP) is 2.21. The van der Waals surface area contributed by atoms with Crippen LogP contribution in [0.2, 0.25) is 0 Å². The van der Waals surface area contributed by atoms with Crippen LogP contribution in [-0.4, -0.2) is 43.4 Å². The van der Waals surface area contributed by atoms with Gasteiger partial charge >= 0.3 is 11.9 Å². The standard InChI is InChI=1S/C17H22N2O.C2H2O4/c1-19(2)16-8-4-14(5-9-16)12-18-13-15-6-10-17(20-3)11-7-15;3-1(4)2(5)6/h4-11,18H,12-13H2,1-3H3;(H,3,4)(H,5,6). The first-order valence-corrected chi connectivity index (χ1v) is 7.89. The normalized spacial score (nSPS) is 9.65. The first-order chi connectivity index (χ1) is 12.3. The quantitative estimate of drug-likeness (QED) is 0.679. The molecule has 2 aromatic carbocycles. The van der Waals surface area contributed by atoms with Gasteiger partial charge in [0, 0.05) is 32.9 Å². The summed E-state index contributed by atoms with van der Waals surface area (Å²) >= 11 is 0. The number of nitrogens with one attached hydrogen (secondary N) is 1. The van der Waals surface area contributed by atoms with Gasteiger partial charge in [0.1, 0.15) is 5.75 Å². The maximum atomic E-state index is 9.10. The van der Waals surface area contributed by atoms with Crippen LogP contribution in [-0.2, 0) is 22.7 Å². The Morgan fingerprint density at radius 3 is 1.65 bits per heavy atom. The molecule has 2 rings (SSSR count). The van der Waals surface area contributed by atoms with E-state index in [1.807, 2.05) is 12.1 Å². The number of carboxylic acids is 2. The van der Waals surface area contributed by atoms with E-state index in [0.29, 0.717) is 0 Å². The molecular weight excluding hydrogens is 336 g/mol. The van der Waals surface area contributed by atoms with Crippen molar-refractivity contribution in [3.05, 3.63) is 59.7 Å². The lowest BCUT2D eigenvalue weighted by atomic mass is 10.2. The fraction of sp³-hybridized carbons (Fsp3) is 0.263. The average Bonchev–Trinajstić information content (AvgIpc) is 2.63. The van der Waals surface area contributed by atoms with Gasteiger partial charge in [-0.25, -0.2) is 9.59 Å². The maximum Gasteiger partial charge on any atom is 0.414 e. The van der Waals surface area contributed by atoms with Gasteiger partial charge in [-0.05, 0) is 35.4 Å². The molecule has 0 heterocycles. The second-order valence-electron chi connectivity index (χ2n) is 5.62. The van der Waals surface area contributed by atoms with Gasteiger partial charge in [-0.15, -0.1) is 0 Å². The summed E-state index contributed by atoms with van der Waals surface area (Å²) in [6.07, 6.45) is 0. The Kier molecular flexibility index (Phi) is 8.66. The number of carbonyl (C=O) groups is 2. The second kappa shape index (κ2) is 10.7. The Morgan fingerprint density at radius 1 is 0.885 bits per heavy atom. The lowest BCUT2D eigenvalue weighted by Gasteiger charge is -2.13. The zero-order valence-corrected chi connectivity index (χ0v) is 15.1. The Bertz CT molecular complexity index is 685. The summed E-state index contributed by atoms with van der Waals surface area (Å²) in [4.78, 5) is 20.3. The van der Waals surface area contributed by atoms with Crippen LogP contribution < -0.4 is 15.0 Å². The van der Waals surface area contributed by atoms with E-state index in [4.69, 9.17) is 24.5 Å². The summed E-state index contributed by atoms with van der Waals surface area (Å²) in [5.74, 6) is -2.75. The van der Waals surface area contributed by atoms with Crippen LogP contribution in [0.3, 0.4) is 0 Å². The molecule has 0 radical (unpaired) electrons. The van der Waals surface area contributed by atoms with E-state index in [0.717, 1.165) is 18.8 Å². The van der Waals surface area contributed by atoms with Crippen LogP contribution in [0.1, 0.15) is 11.1 Å². The van der Waals surface area contributed by atoms with Gasteiger partial charge in [-0.3, -0.25) is 0 Å².